The molecule has 0 aromatic rings. The van der Waals surface area contributed by atoms with Crippen LogP contribution in [0.25, 0.3) is 0 Å². The lowest BCUT2D eigenvalue weighted by atomic mass is 10.2. The third-order valence-corrected chi connectivity index (χ3v) is 1.63. The summed E-state index contributed by atoms with van der Waals surface area (Å²) >= 11 is 1.03. The van der Waals surface area contributed by atoms with Gasteiger partial charge in [0.05, 0.1) is 0 Å². The minimum absolute atomic E-state index is 0.126. The largest absolute Gasteiger partial charge is 0.321 e. The number of hydrogen-bond acceptors (Lipinski definition) is 2. The van der Waals surface area contributed by atoms with E-state index in [2.05, 4.69) is 18.5 Å². The zero-order valence-electron chi connectivity index (χ0n) is 6.89. The van der Waals surface area contributed by atoms with Crippen molar-refractivity contribution in [2.75, 3.05) is 0 Å². The van der Waals surface area contributed by atoms with Crippen LogP contribution in [0, 0.1) is 5.92 Å². The van der Waals surface area contributed by atoms with Crippen molar-refractivity contribution in [1.82, 2.24) is 5.32 Å². The van der Waals surface area contributed by atoms with Gasteiger partial charge in [-0.15, -0.1) is 0 Å². The van der Waals surface area contributed by atoms with Gasteiger partial charge in [-0.3, -0.25) is 4.79 Å². The van der Waals surface area contributed by atoms with Crippen molar-refractivity contribution in [3.63, 3.8) is 0 Å². The topological polar surface area (TPSA) is 29.1 Å². The molecule has 0 spiro atoms. The Bertz CT molecular complexity index is 175. The lowest BCUT2D eigenvalue weighted by Gasteiger charge is -2.09. The molecule has 0 aromatic carbocycles. The number of nitrogens with one attached hydrogen (secondary N) is 1. The van der Waals surface area contributed by atoms with Gasteiger partial charge in [0.25, 0.3) is 5.24 Å². The maximum Gasteiger partial charge on any atom is 0.287 e. The fourth-order valence-electron chi connectivity index (χ4n) is 0.381. The van der Waals surface area contributed by atoms with Crippen LogP contribution in [0.5, 0.6) is 0 Å². The number of rotatable bonds is 3. The number of allylic oxidation sites excluding steroid dienone is 1. The second kappa shape index (κ2) is 5.02. The third-order valence-electron chi connectivity index (χ3n) is 1.15. The molecule has 0 aliphatic heterocycles. The van der Waals surface area contributed by atoms with Gasteiger partial charge in [-0.05, 0) is 23.1 Å². The van der Waals surface area contributed by atoms with Crippen molar-refractivity contribution in [3.05, 3.63) is 24.3 Å². The van der Waals surface area contributed by atoms with Gasteiger partial charge in [0.1, 0.15) is 0 Å². The van der Waals surface area contributed by atoms with Crippen molar-refractivity contribution in [1.29, 1.82) is 0 Å². The Balaban J connectivity index is 3.75. The van der Waals surface area contributed by atoms with E-state index in [1.54, 1.807) is 0 Å². The second-order valence-electron chi connectivity index (χ2n) is 2.38. The van der Waals surface area contributed by atoms with Crippen molar-refractivity contribution in [2.24, 2.45) is 5.92 Å². The van der Waals surface area contributed by atoms with Gasteiger partial charge in [-0.1, -0.05) is 27.0 Å². The summed E-state index contributed by atoms with van der Waals surface area (Å²) in [6, 6.07) is 0. The van der Waals surface area contributed by atoms with Crippen molar-refractivity contribution in [2.45, 2.75) is 13.8 Å². The van der Waals surface area contributed by atoms with Gasteiger partial charge in [-0.2, -0.15) is 0 Å². The summed E-state index contributed by atoms with van der Waals surface area (Å²) in [5.74, 6) is 0.282. The van der Waals surface area contributed by atoms with E-state index in [1.165, 1.54) is 5.41 Å². The molecule has 1 N–H and O–H groups in total. The van der Waals surface area contributed by atoms with Crippen LogP contribution in [-0.2, 0) is 0 Å². The van der Waals surface area contributed by atoms with Crippen LogP contribution in [0.1, 0.15) is 13.8 Å². The first-order chi connectivity index (χ1) is 5.07. The van der Waals surface area contributed by atoms with Crippen LogP contribution >= 0.6 is 11.8 Å². The predicted molar refractivity (Wildman–Crippen MR) is 50.3 cm³/mol. The van der Waals surface area contributed by atoms with E-state index in [0.29, 0.717) is 0 Å². The molecule has 0 bridgehead atoms. The second-order valence-corrected chi connectivity index (χ2v) is 3.32. The number of amides is 1. The molecular formula is C8H13NOS. The lowest BCUT2D eigenvalue weighted by molar-refractivity contribution is 0.262. The Morgan fingerprint density at radius 2 is 2.18 bits per heavy atom. The van der Waals surface area contributed by atoms with E-state index in [4.69, 9.17) is 0 Å². The molecule has 0 aliphatic carbocycles. The lowest BCUT2D eigenvalue weighted by Crippen LogP contribution is -2.19. The van der Waals surface area contributed by atoms with Crippen LogP contribution in [0.2, 0.25) is 0 Å². The zero-order valence-corrected chi connectivity index (χ0v) is 7.70. The highest BCUT2D eigenvalue weighted by molar-refractivity contribution is 8.16. The average molecular weight is 171 g/mol. The Kier molecular flexibility index (Phi) is 4.70. The summed E-state index contributed by atoms with van der Waals surface area (Å²) in [4.78, 5) is 10.9. The zero-order chi connectivity index (χ0) is 8.85. The molecule has 0 radical (unpaired) electrons. The monoisotopic (exact) mass is 171 g/mol. The Morgan fingerprint density at radius 3 is 2.55 bits per heavy atom. The minimum atomic E-state index is -0.126. The maximum absolute atomic E-state index is 10.9. The highest BCUT2D eigenvalue weighted by Gasteiger charge is 2.03. The molecule has 0 saturated heterocycles. The van der Waals surface area contributed by atoms with Crippen molar-refractivity contribution < 1.29 is 4.79 Å². The minimum Gasteiger partial charge on any atom is -0.321 e. The van der Waals surface area contributed by atoms with E-state index in [-0.39, 0.29) is 11.2 Å². The van der Waals surface area contributed by atoms with Crippen LogP contribution < -0.4 is 5.32 Å². The molecule has 2 nitrogen and oxygen atoms in total. The molecule has 0 rings (SSSR count). The molecule has 0 unspecified atom stereocenters. The summed E-state index contributed by atoms with van der Waals surface area (Å²) in [5, 5.41) is 4.00. The molecular weight excluding hydrogens is 158 g/mol. The summed E-state index contributed by atoms with van der Waals surface area (Å²) in [6.07, 6.45) is 0. The highest BCUT2D eigenvalue weighted by Crippen LogP contribution is 2.07. The first-order valence-corrected chi connectivity index (χ1v) is 4.23. The fraction of sp³-hybridized carbons (Fsp3) is 0.375. The summed E-state index contributed by atoms with van der Waals surface area (Å²) < 4.78 is 0. The SMILES string of the molecule is C=CSC(=O)NC(=C)C(C)C. The fourth-order valence-corrected chi connectivity index (χ4v) is 0.722. The normalized spacial score (nSPS) is 9.36. The molecule has 0 saturated carbocycles. The molecule has 0 atom stereocenters. The summed E-state index contributed by atoms with van der Waals surface area (Å²) in [7, 11) is 0. The van der Waals surface area contributed by atoms with Gasteiger partial charge in [0, 0.05) is 5.70 Å². The predicted octanol–water partition coefficient (Wildman–Crippen LogP) is 2.74. The smallest absolute Gasteiger partial charge is 0.287 e. The Morgan fingerprint density at radius 1 is 1.64 bits per heavy atom. The van der Waals surface area contributed by atoms with Crippen molar-refractivity contribution >= 4 is 17.0 Å². The first kappa shape index (κ1) is 10.3. The molecule has 3 heteroatoms. The van der Waals surface area contributed by atoms with Gasteiger partial charge in [-0.25, -0.2) is 0 Å². The maximum atomic E-state index is 10.9. The van der Waals surface area contributed by atoms with E-state index >= 15 is 0 Å². The van der Waals surface area contributed by atoms with Gasteiger partial charge < -0.3 is 5.32 Å². The molecule has 0 fully saturated rings. The van der Waals surface area contributed by atoms with Gasteiger partial charge in [0.15, 0.2) is 0 Å². The van der Waals surface area contributed by atoms with E-state index in [0.717, 1.165) is 17.5 Å². The Hall–Kier alpha value is -0.700. The molecule has 0 aliphatic rings. The molecule has 0 heterocycles. The van der Waals surface area contributed by atoms with E-state index in [9.17, 15) is 4.79 Å². The van der Waals surface area contributed by atoms with Gasteiger partial charge >= 0.3 is 0 Å². The number of carbonyl (C=O) groups is 1. The first-order valence-electron chi connectivity index (χ1n) is 3.35. The Labute approximate surface area is 71.7 Å². The van der Waals surface area contributed by atoms with E-state index in [1.807, 2.05) is 13.8 Å². The van der Waals surface area contributed by atoms with E-state index < -0.39 is 0 Å². The standard InChI is InChI=1S/C8H13NOS/c1-5-11-8(10)9-7(4)6(2)3/h5-6H,1,4H2,2-3H3,(H,9,10). The van der Waals surface area contributed by atoms with Crippen LogP contribution in [0.3, 0.4) is 0 Å². The van der Waals surface area contributed by atoms with Crippen LogP contribution in [0.4, 0.5) is 4.79 Å². The average Bonchev–Trinajstić information content (AvgIpc) is 1.87. The van der Waals surface area contributed by atoms with Crippen LogP contribution in [0.15, 0.2) is 24.3 Å². The number of carbonyl (C=O) groups excluding carboxylic acids is 1. The quantitative estimate of drug-likeness (QED) is 0.707. The molecule has 62 valence electrons. The summed E-state index contributed by atoms with van der Waals surface area (Å²) in [5.41, 5.74) is 0.740. The summed E-state index contributed by atoms with van der Waals surface area (Å²) in [6.45, 7) is 11.1. The molecule has 1 amide bonds. The molecule has 11 heavy (non-hydrogen) atoms. The number of hydrogen-bond donors (Lipinski definition) is 1. The van der Waals surface area contributed by atoms with Gasteiger partial charge in [0.2, 0.25) is 0 Å². The molecule has 0 aromatic heterocycles. The van der Waals surface area contributed by atoms with Crippen LogP contribution in [-0.4, -0.2) is 5.24 Å². The number of thioether (sulfide) groups is 1. The van der Waals surface area contributed by atoms with Crippen molar-refractivity contribution in [3.8, 4) is 0 Å². The highest BCUT2D eigenvalue weighted by atomic mass is 32.2. The third kappa shape index (κ3) is 4.67.